The molecule has 1 atom stereocenters. The van der Waals surface area contributed by atoms with Crippen LogP contribution in [0.25, 0.3) is 10.1 Å². The monoisotopic (exact) mass is 423 g/mol. The van der Waals surface area contributed by atoms with E-state index in [0.29, 0.717) is 10.4 Å². The van der Waals surface area contributed by atoms with E-state index in [1.54, 1.807) is 30.5 Å². The van der Waals surface area contributed by atoms with Crippen LogP contribution in [0.15, 0.2) is 41.4 Å². The molecule has 1 aromatic heterocycles. The standard InChI is InChI=1S/C18H18FN3O4S2/c1-27-12-3-5-15(14(19)6-12)21-16-13(4-2-10-7-20-28-17(10)16)18(25)22-26-9-11(24)8-23/h2-7,11,21,23-24H,8-9H2,1H3,(H,22,25). The molecular formula is C18H18FN3O4S2. The molecular weight excluding hydrogens is 405 g/mol. The number of nitrogens with zero attached hydrogens (tertiary/aromatic N) is 1. The largest absolute Gasteiger partial charge is 0.394 e. The van der Waals surface area contributed by atoms with Crippen molar-refractivity contribution in [3.63, 3.8) is 0 Å². The summed E-state index contributed by atoms with van der Waals surface area (Å²) in [5, 5.41) is 21.9. The van der Waals surface area contributed by atoms with Gasteiger partial charge >= 0.3 is 0 Å². The number of carbonyl (C=O) groups is 1. The Morgan fingerprint density at radius 3 is 2.93 bits per heavy atom. The second-order valence-corrected chi connectivity index (χ2v) is 7.46. The van der Waals surface area contributed by atoms with Gasteiger partial charge in [-0.25, -0.2) is 9.87 Å². The molecule has 0 bridgehead atoms. The Kier molecular flexibility index (Phi) is 6.81. The lowest BCUT2D eigenvalue weighted by Crippen LogP contribution is -2.30. The summed E-state index contributed by atoms with van der Waals surface area (Å²) in [5.74, 6) is -1.02. The van der Waals surface area contributed by atoms with Crippen LogP contribution < -0.4 is 10.8 Å². The number of anilines is 2. The molecule has 0 saturated carbocycles. The predicted octanol–water partition coefficient (Wildman–Crippen LogP) is 2.92. The first-order valence-electron chi connectivity index (χ1n) is 8.22. The fourth-order valence-electron chi connectivity index (χ4n) is 2.42. The minimum absolute atomic E-state index is 0.226. The molecule has 1 heterocycles. The fraction of sp³-hybridized carbons (Fsp3) is 0.222. The first-order valence-corrected chi connectivity index (χ1v) is 10.2. The van der Waals surface area contributed by atoms with Crippen LogP contribution in [0.5, 0.6) is 0 Å². The molecule has 0 aliphatic rings. The third-order valence-corrected chi connectivity index (χ3v) is 5.41. The normalized spacial score (nSPS) is 12.1. The number of hydroxylamine groups is 1. The third-order valence-electron chi connectivity index (χ3n) is 3.86. The predicted molar refractivity (Wildman–Crippen MR) is 108 cm³/mol. The lowest BCUT2D eigenvalue weighted by Gasteiger charge is -2.15. The molecule has 0 aliphatic carbocycles. The Morgan fingerprint density at radius 2 is 2.21 bits per heavy atom. The Morgan fingerprint density at radius 1 is 1.39 bits per heavy atom. The lowest BCUT2D eigenvalue weighted by molar-refractivity contribution is -0.0295. The molecule has 7 nitrogen and oxygen atoms in total. The molecule has 0 radical (unpaired) electrons. The van der Waals surface area contributed by atoms with Crippen molar-refractivity contribution in [2.45, 2.75) is 11.0 Å². The number of rotatable bonds is 8. The quantitative estimate of drug-likeness (QED) is 0.326. The zero-order valence-corrected chi connectivity index (χ0v) is 16.4. The van der Waals surface area contributed by atoms with E-state index < -0.39 is 24.4 Å². The Hall–Kier alpha value is -2.24. The van der Waals surface area contributed by atoms with Crippen LogP contribution in [0, 0.1) is 5.82 Å². The van der Waals surface area contributed by atoms with Gasteiger partial charge in [-0.2, -0.15) is 4.37 Å². The maximum atomic E-state index is 14.4. The Balaban J connectivity index is 1.90. The molecule has 3 rings (SSSR count). The van der Waals surface area contributed by atoms with Gasteiger partial charge < -0.3 is 15.5 Å². The van der Waals surface area contributed by atoms with E-state index in [-0.39, 0.29) is 17.9 Å². The highest BCUT2D eigenvalue weighted by atomic mass is 32.2. The number of nitrogens with one attached hydrogen (secondary N) is 2. The number of hydrogen-bond donors (Lipinski definition) is 4. The summed E-state index contributed by atoms with van der Waals surface area (Å²) in [6.45, 7) is -0.751. The molecule has 0 spiro atoms. The first-order chi connectivity index (χ1) is 13.5. The second-order valence-electron chi connectivity index (χ2n) is 5.78. The van der Waals surface area contributed by atoms with Crippen LogP contribution in [0.1, 0.15) is 10.4 Å². The number of aromatic nitrogens is 1. The average Bonchev–Trinajstić information content (AvgIpc) is 3.18. The number of aliphatic hydroxyl groups is 2. The number of halogens is 1. The molecule has 0 fully saturated rings. The Labute approximate surface area is 168 Å². The van der Waals surface area contributed by atoms with Crippen LogP contribution in [0.3, 0.4) is 0 Å². The van der Waals surface area contributed by atoms with Gasteiger partial charge in [-0.1, -0.05) is 6.07 Å². The van der Waals surface area contributed by atoms with E-state index in [9.17, 15) is 14.3 Å². The van der Waals surface area contributed by atoms with Crippen molar-refractivity contribution in [2.24, 2.45) is 0 Å². The van der Waals surface area contributed by atoms with Gasteiger partial charge in [0.15, 0.2) is 0 Å². The first kappa shape index (κ1) is 20.5. The van der Waals surface area contributed by atoms with Crippen molar-refractivity contribution in [3.05, 3.63) is 47.9 Å². The van der Waals surface area contributed by atoms with Gasteiger partial charge in [-0.15, -0.1) is 11.8 Å². The van der Waals surface area contributed by atoms with Gasteiger partial charge in [-0.3, -0.25) is 9.63 Å². The topological polar surface area (TPSA) is 104 Å². The van der Waals surface area contributed by atoms with Crippen molar-refractivity contribution < 1.29 is 24.2 Å². The Bertz CT molecular complexity index is 983. The maximum absolute atomic E-state index is 14.4. The average molecular weight is 423 g/mol. The van der Waals surface area contributed by atoms with E-state index in [1.165, 1.54) is 29.4 Å². The highest BCUT2D eigenvalue weighted by molar-refractivity contribution is 7.98. The zero-order valence-electron chi connectivity index (χ0n) is 14.8. The van der Waals surface area contributed by atoms with Crippen LogP contribution in [0.2, 0.25) is 0 Å². The van der Waals surface area contributed by atoms with Crippen molar-refractivity contribution in [3.8, 4) is 0 Å². The van der Waals surface area contributed by atoms with E-state index >= 15 is 0 Å². The van der Waals surface area contributed by atoms with Crippen LogP contribution in [-0.2, 0) is 4.84 Å². The minimum Gasteiger partial charge on any atom is -0.394 e. The molecule has 0 saturated heterocycles. The van der Waals surface area contributed by atoms with Crippen molar-refractivity contribution in [2.75, 3.05) is 24.8 Å². The SMILES string of the molecule is CSc1ccc(Nc2c(C(=O)NOCC(O)CO)ccc3cnsc23)c(F)c1. The summed E-state index contributed by atoms with van der Waals surface area (Å²) in [6.07, 6.45) is 2.41. The van der Waals surface area contributed by atoms with Crippen LogP contribution in [0.4, 0.5) is 15.8 Å². The van der Waals surface area contributed by atoms with E-state index in [1.807, 2.05) is 6.26 Å². The third kappa shape index (κ3) is 4.59. The molecule has 0 aliphatic heterocycles. The van der Waals surface area contributed by atoms with Gasteiger partial charge in [0.2, 0.25) is 0 Å². The molecule has 4 N–H and O–H groups in total. The van der Waals surface area contributed by atoms with Crippen molar-refractivity contribution in [1.29, 1.82) is 0 Å². The number of carbonyl (C=O) groups excluding carboxylic acids is 1. The minimum atomic E-state index is -1.11. The molecule has 28 heavy (non-hydrogen) atoms. The van der Waals surface area contributed by atoms with Crippen LogP contribution in [-0.4, -0.2) is 46.1 Å². The van der Waals surface area contributed by atoms with Gasteiger partial charge in [0.05, 0.1) is 28.2 Å². The highest BCUT2D eigenvalue weighted by Crippen LogP contribution is 2.34. The van der Waals surface area contributed by atoms with Gasteiger partial charge in [-0.05, 0) is 42.1 Å². The summed E-state index contributed by atoms with van der Waals surface area (Å²) < 4.78 is 19.3. The van der Waals surface area contributed by atoms with Crippen molar-refractivity contribution in [1.82, 2.24) is 9.85 Å². The van der Waals surface area contributed by atoms with Gasteiger partial charge in [0.1, 0.15) is 18.5 Å². The fourth-order valence-corrected chi connectivity index (χ4v) is 3.59. The zero-order chi connectivity index (χ0) is 20.1. The summed E-state index contributed by atoms with van der Waals surface area (Å²) >= 11 is 2.61. The van der Waals surface area contributed by atoms with Crippen molar-refractivity contribution >= 4 is 50.7 Å². The number of amides is 1. The number of hydrogen-bond acceptors (Lipinski definition) is 8. The van der Waals surface area contributed by atoms with Gasteiger partial charge in [0.25, 0.3) is 5.91 Å². The van der Waals surface area contributed by atoms with Gasteiger partial charge in [0, 0.05) is 16.5 Å². The van der Waals surface area contributed by atoms with E-state index in [0.717, 1.165) is 10.3 Å². The lowest BCUT2D eigenvalue weighted by atomic mass is 10.1. The van der Waals surface area contributed by atoms with E-state index in [4.69, 9.17) is 9.94 Å². The highest BCUT2D eigenvalue weighted by Gasteiger charge is 2.18. The van der Waals surface area contributed by atoms with E-state index in [2.05, 4.69) is 15.2 Å². The summed E-state index contributed by atoms with van der Waals surface area (Å²) in [6, 6.07) is 8.11. The number of aliphatic hydroxyl groups excluding tert-OH is 2. The summed E-state index contributed by atoms with van der Waals surface area (Å²) in [4.78, 5) is 18.3. The number of fused-ring (bicyclic) bond motifs is 1. The maximum Gasteiger partial charge on any atom is 0.277 e. The number of thioether (sulfide) groups is 1. The van der Waals surface area contributed by atoms with Crippen LogP contribution >= 0.6 is 23.3 Å². The molecule has 2 aromatic carbocycles. The smallest absolute Gasteiger partial charge is 0.277 e. The summed E-state index contributed by atoms with van der Waals surface area (Å²) in [7, 11) is 0. The second kappa shape index (κ2) is 9.30. The summed E-state index contributed by atoms with van der Waals surface area (Å²) in [5.41, 5.74) is 3.07. The number of benzene rings is 2. The molecule has 1 unspecified atom stereocenters. The molecule has 148 valence electrons. The molecule has 1 amide bonds. The molecule has 3 aromatic rings. The molecule has 10 heteroatoms.